The molecule has 3 nitrogen and oxygen atoms in total. The Morgan fingerprint density at radius 2 is 1.94 bits per heavy atom. The van der Waals surface area contributed by atoms with Gasteiger partial charge in [-0.25, -0.2) is 0 Å². The van der Waals surface area contributed by atoms with Crippen LogP contribution in [0.15, 0.2) is 0 Å². The minimum atomic E-state index is 0.367. The van der Waals surface area contributed by atoms with Gasteiger partial charge in [0, 0.05) is 19.5 Å². The van der Waals surface area contributed by atoms with Crippen molar-refractivity contribution >= 4 is 5.91 Å². The molecule has 100 valence electrons. The smallest absolute Gasteiger partial charge is 0.222 e. The van der Waals surface area contributed by atoms with E-state index in [-0.39, 0.29) is 0 Å². The van der Waals surface area contributed by atoms with E-state index >= 15 is 0 Å². The summed E-state index contributed by atoms with van der Waals surface area (Å²) in [6.45, 7) is 4.87. The van der Waals surface area contributed by atoms with Gasteiger partial charge in [-0.3, -0.25) is 4.79 Å². The molecule has 0 radical (unpaired) electrons. The van der Waals surface area contributed by atoms with Crippen LogP contribution in [0, 0.1) is 5.92 Å². The highest BCUT2D eigenvalue weighted by Gasteiger charge is 2.25. The minimum Gasteiger partial charge on any atom is -0.342 e. The van der Waals surface area contributed by atoms with Crippen molar-refractivity contribution in [3.8, 4) is 0 Å². The van der Waals surface area contributed by atoms with Gasteiger partial charge in [0.25, 0.3) is 0 Å². The number of hydrogen-bond donors (Lipinski definition) is 1. The predicted molar refractivity (Wildman–Crippen MR) is 71.7 cm³/mol. The molecule has 0 aliphatic heterocycles. The molecule has 1 amide bonds. The summed E-state index contributed by atoms with van der Waals surface area (Å²) in [5.74, 6) is 1.18. The summed E-state index contributed by atoms with van der Waals surface area (Å²) in [4.78, 5) is 14.1. The van der Waals surface area contributed by atoms with Crippen molar-refractivity contribution in [3.63, 3.8) is 0 Å². The number of rotatable bonds is 10. The third-order valence-electron chi connectivity index (χ3n) is 3.37. The molecule has 0 spiro atoms. The van der Waals surface area contributed by atoms with E-state index in [1.165, 1.54) is 19.3 Å². The van der Waals surface area contributed by atoms with Gasteiger partial charge < -0.3 is 10.6 Å². The molecular weight excluding hydrogens is 212 g/mol. The zero-order valence-corrected chi connectivity index (χ0v) is 11.3. The third-order valence-corrected chi connectivity index (χ3v) is 3.37. The van der Waals surface area contributed by atoms with Gasteiger partial charge in [-0.15, -0.1) is 0 Å². The summed E-state index contributed by atoms with van der Waals surface area (Å²) >= 11 is 0. The lowest BCUT2D eigenvalue weighted by Gasteiger charge is -2.22. The molecule has 3 heteroatoms. The maximum absolute atomic E-state index is 12.0. The molecule has 1 aliphatic carbocycles. The molecule has 0 atom stereocenters. The largest absolute Gasteiger partial charge is 0.342 e. The first kappa shape index (κ1) is 14.5. The van der Waals surface area contributed by atoms with E-state index < -0.39 is 0 Å². The van der Waals surface area contributed by atoms with Crippen LogP contribution in [-0.4, -0.2) is 30.4 Å². The van der Waals surface area contributed by atoms with E-state index in [1.54, 1.807) is 0 Å². The molecular formula is C14H28N2O. The maximum atomic E-state index is 12.0. The zero-order chi connectivity index (χ0) is 12.5. The number of nitrogens with zero attached hydrogens (tertiary/aromatic N) is 1. The second-order valence-corrected chi connectivity index (χ2v) is 5.24. The summed E-state index contributed by atoms with van der Waals surface area (Å²) < 4.78 is 0. The predicted octanol–water partition coefficient (Wildman–Crippen LogP) is 2.54. The van der Waals surface area contributed by atoms with Crippen molar-refractivity contribution in [1.29, 1.82) is 0 Å². The Hall–Kier alpha value is -0.570. The van der Waals surface area contributed by atoms with Crippen LogP contribution in [0.2, 0.25) is 0 Å². The molecule has 0 aromatic heterocycles. The van der Waals surface area contributed by atoms with E-state index in [4.69, 9.17) is 5.73 Å². The fraction of sp³-hybridized carbons (Fsp3) is 0.929. The molecule has 17 heavy (non-hydrogen) atoms. The van der Waals surface area contributed by atoms with E-state index in [0.29, 0.717) is 5.91 Å². The molecule has 1 aliphatic rings. The fourth-order valence-electron chi connectivity index (χ4n) is 2.13. The standard InChI is InChI=1S/C14H28N2O/c1-2-11-16(12-13-8-9-13)14(17)7-5-3-4-6-10-15/h13H,2-12,15H2,1H3. The molecule has 0 aromatic carbocycles. The van der Waals surface area contributed by atoms with Crippen LogP contribution in [0.3, 0.4) is 0 Å². The number of amides is 1. The van der Waals surface area contributed by atoms with Gasteiger partial charge in [0.1, 0.15) is 0 Å². The van der Waals surface area contributed by atoms with Crippen molar-refractivity contribution in [2.24, 2.45) is 11.7 Å². The first-order chi connectivity index (χ1) is 8.27. The van der Waals surface area contributed by atoms with Gasteiger partial charge in [0.15, 0.2) is 0 Å². The molecule has 0 aromatic rings. The average molecular weight is 240 g/mol. The van der Waals surface area contributed by atoms with Gasteiger partial charge >= 0.3 is 0 Å². The van der Waals surface area contributed by atoms with Crippen molar-refractivity contribution in [3.05, 3.63) is 0 Å². The van der Waals surface area contributed by atoms with E-state index in [1.807, 2.05) is 0 Å². The Morgan fingerprint density at radius 1 is 1.24 bits per heavy atom. The molecule has 1 fully saturated rings. The number of hydrogen-bond acceptors (Lipinski definition) is 2. The highest BCUT2D eigenvalue weighted by molar-refractivity contribution is 5.76. The maximum Gasteiger partial charge on any atom is 0.222 e. The summed E-state index contributed by atoms with van der Waals surface area (Å²) in [6.07, 6.45) is 8.89. The van der Waals surface area contributed by atoms with E-state index in [9.17, 15) is 4.79 Å². The van der Waals surface area contributed by atoms with Gasteiger partial charge in [-0.2, -0.15) is 0 Å². The molecule has 2 N–H and O–H groups in total. The van der Waals surface area contributed by atoms with Crippen LogP contribution < -0.4 is 5.73 Å². The van der Waals surface area contributed by atoms with E-state index in [0.717, 1.165) is 57.7 Å². The summed E-state index contributed by atoms with van der Waals surface area (Å²) in [7, 11) is 0. The monoisotopic (exact) mass is 240 g/mol. The van der Waals surface area contributed by atoms with E-state index in [2.05, 4.69) is 11.8 Å². The number of carbonyl (C=O) groups is 1. The Bertz CT molecular complexity index is 214. The summed E-state index contributed by atoms with van der Waals surface area (Å²) in [6, 6.07) is 0. The number of carbonyl (C=O) groups excluding carboxylic acids is 1. The second kappa shape index (κ2) is 8.51. The van der Waals surface area contributed by atoms with Gasteiger partial charge in [0.2, 0.25) is 5.91 Å². The molecule has 0 unspecified atom stereocenters. The topological polar surface area (TPSA) is 46.3 Å². The van der Waals surface area contributed by atoms with Crippen LogP contribution in [-0.2, 0) is 4.79 Å². The lowest BCUT2D eigenvalue weighted by atomic mass is 10.1. The van der Waals surface area contributed by atoms with Crippen LogP contribution in [0.5, 0.6) is 0 Å². The van der Waals surface area contributed by atoms with Gasteiger partial charge in [-0.05, 0) is 44.6 Å². The first-order valence-electron chi connectivity index (χ1n) is 7.25. The molecule has 0 saturated heterocycles. The highest BCUT2D eigenvalue weighted by atomic mass is 16.2. The lowest BCUT2D eigenvalue weighted by Crippen LogP contribution is -2.33. The second-order valence-electron chi connectivity index (χ2n) is 5.24. The normalized spacial score (nSPS) is 14.9. The Labute approximate surface area is 106 Å². The van der Waals surface area contributed by atoms with Crippen molar-refractivity contribution in [2.75, 3.05) is 19.6 Å². The molecule has 1 rings (SSSR count). The zero-order valence-electron chi connectivity index (χ0n) is 11.3. The van der Waals surface area contributed by atoms with Crippen LogP contribution in [0.1, 0.15) is 58.3 Å². The highest BCUT2D eigenvalue weighted by Crippen LogP contribution is 2.30. The van der Waals surface area contributed by atoms with Gasteiger partial charge in [0.05, 0.1) is 0 Å². The van der Waals surface area contributed by atoms with Crippen molar-refractivity contribution in [1.82, 2.24) is 4.90 Å². The summed E-state index contributed by atoms with van der Waals surface area (Å²) in [5.41, 5.74) is 5.44. The fourth-order valence-corrected chi connectivity index (χ4v) is 2.13. The number of unbranched alkanes of at least 4 members (excludes halogenated alkanes) is 3. The average Bonchev–Trinajstić information content (AvgIpc) is 3.12. The minimum absolute atomic E-state index is 0.367. The third kappa shape index (κ3) is 6.67. The number of nitrogens with two attached hydrogens (primary N) is 1. The van der Waals surface area contributed by atoms with Crippen molar-refractivity contribution in [2.45, 2.75) is 58.3 Å². The van der Waals surface area contributed by atoms with Crippen LogP contribution in [0.4, 0.5) is 0 Å². The first-order valence-corrected chi connectivity index (χ1v) is 7.25. The van der Waals surface area contributed by atoms with Crippen LogP contribution >= 0.6 is 0 Å². The molecule has 0 bridgehead atoms. The summed E-state index contributed by atoms with van der Waals surface area (Å²) in [5, 5.41) is 0. The molecule has 0 heterocycles. The Morgan fingerprint density at radius 3 is 2.53 bits per heavy atom. The Kier molecular flexibility index (Phi) is 7.25. The quantitative estimate of drug-likeness (QED) is 0.596. The van der Waals surface area contributed by atoms with Crippen molar-refractivity contribution < 1.29 is 4.79 Å². The Balaban J connectivity index is 2.12. The molecule has 1 saturated carbocycles. The lowest BCUT2D eigenvalue weighted by molar-refractivity contribution is -0.131. The SMILES string of the molecule is CCCN(CC1CC1)C(=O)CCCCCCN. The van der Waals surface area contributed by atoms with Crippen LogP contribution in [0.25, 0.3) is 0 Å². The van der Waals surface area contributed by atoms with Gasteiger partial charge in [-0.1, -0.05) is 19.8 Å².